The number of hydrogen-bond acceptors (Lipinski definition) is 3. The molecular formula is C18H23N3. The number of nitrogens with zero attached hydrogens (tertiary/aromatic N) is 2. The molecule has 0 fully saturated rings. The van der Waals surface area contributed by atoms with Gasteiger partial charge in [0, 0.05) is 31.5 Å². The Morgan fingerprint density at radius 2 is 2.00 bits per heavy atom. The molecule has 0 amide bonds. The maximum atomic E-state index is 4.87. The molecule has 3 rings (SSSR count). The van der Waals surface area contributed by atoms with Gasteiger partial charge in [0.1, 0.15) is 5.82 Å². The zero-order valence-corrected chi connectivity index (χ0v) is 13.1. The fourth-order valence-corrected chi connectivity index (χ4v) is 2.96. The van der Waals surface area contributed by atoms with Gasteiger partial charge in [0.2, 0.25) is 0 Å². The summed E-state index contributed by atoms with van der Waals surface area (Å²) in [6.45, 7) is 8.52. The van der Waals surface area contributed by atoms with Crippen molar-refractivity contribution < 1.29 is 0 Å². The Morgan fingerprint density at radius 1 is 1.19 bits per heavy atom. The highest BCUT2D eigenvalue weighted by molar-refractivity contribution is 5.33. The summed E-state index contributed by atoms with van der Waals surface area (Å²) in [7, 11) is 0. The number of aromatic nitrogens is 2. The topological polar surface area (TPSA) is 37.8 Å². The average molecular weight is 281 g/mol. The molecule has 0 bridgehead atoms. The predicted molar refractivity (Wildman–Crippen MR) is 85.5 cm³/mol. The van der Waals surface area contributed by atoms with Gasteiger partial charge in [-0.2, -0.15) is 0 Å². The molecule has 0 saturated carbocycles. The highest BCUT2D eigenvalue weighted by Gasteiger charge is 2.19. The number of aryl methyl sites for hydroxylation is 1. The van der Waals surface area contributed by atoms with Gasteiger partial charge in [-0.1, -0.05) is 38.1 Å². The first-order chi connectivity index (χ1) is 10.1. The Bertz CT molecular complexity index is 647. The average Bonchev–Trinajstić information content (AvgIpc) is 2.48. The summed E-state index contributed by atoms with van der Waals surface area (Å²) in [6.07, 6.45) is 1.84. The number of nitrogens with one attached hydrogen (secondary N) is 1. The van der Waals surface area contributed by atoms with Gasteiger partial charge in [-0.15, -0.1) is 0 Å². The highest BCUT2D eigenvalue weighted by Crippen LogP contribution is 2.23. The smallest absolute Gasteiger partial charge is 0.133 e. The zero-order chi connectivity index (χ0) is 14.8. The van der Waals surface area contributed by atoms with Gasteiger partial charge in [-0.05, 0) is 24.0 Å². The summed E-state index contributed by atoms with van der Waals surface area (Å²) in [5.41, 5.74) is 6.42. The molecule has 0 radical (unpaired) electrons. The third-order valence-electron chi connectivity index (χ3n) is 4.17. The maximum Gasteiger partial charge on any atom is 0.133 e. The van der Waals surface area contributed by atoms with Crippen molar-refractivity contribution in [3.05, 3.63) is 58.2 Å². The minimum atomic E-state index is 0.442. The molecule has 0 spiro atoms. The molecule has 3 heteroatoms. The molecule has 1 aromatic carbocycles. The third kappa shape index (κ3) is 2.98. The van der Waals surface area contributed by atoms with Crippen molar-refractivity contribution >= 4 is 0 Å². The Hall–Kier alpha value is -1.74. The SMILES string of the molecule is Cc1ccccc1Cc1nc2c(c(C(C)C)n1)CNCC2. The summed E-state index contributed by atoms with van der Waals surface area (Å²) >= 11 is 0. The number of fused-ring (bicyclic) bond motifs is 1. The summed E-state index contributed by atoms with van der Waals surface area (Å²) < 4.78 is 0. The van der Waals surface area contributed by atoms with Crippen LogP contribution >= 0.6 is 0 Å². The summed E-state index contributed by atoms with van der Waals surface area (Å²) in [4.78, 5) is 9.71. The minimum absolute atomic E-state index is 0.442. The zero-order valence-electron chi connectivity index (χ0n) is 13.1. The largest absolute Gasteiger partial charge is 0.312 e. The van der Waals surface area contributed by atoms with Crippen LogP contribution in [0.2, 0.25) is 0 Å². The molecule has 3 nitrogen and oxygen atoms in total. The first-order valence-corrected chi connectivity index (χ1v) is 7.79. The van der Waals surface area contributed by atoms with Crippen LogP contribution in [0.15, 0.2) is 24.3 Å². The van der Waals surface area contributed by atoms with Crippen LogP contribution < -0.4 is 5.32 Å². The van der Waals surface area contributed by atoms with Crippen molar-refractivity contribution in [1.29, 1.82) is 0 Å². The van der Waals surface area contributed by atoms with Crippen molar-refractivity contribution in [2.45, 2.75) is 46.1 Å². The van der Waals surface area contributed by atoms with E-state index in [9.17, 15) is 0 Å². The van der Waals surface area contributed by atoms with Gasteiger partial charge in [0.15, 0.2) is 0 Å². The second-order valence-electron chi connectivity index (χ2n) is 6.14. The minimum Gasteiger partial charge on any atom is -0.312 e. The highest BCUT2D eigenvalue weighted by atomic mass is 15.0. The molecule has 110 valence electrons. The van der Waals surface area contributed by atoms with Gasteiger partial charge in [0.05, 0.1) is 11.4 Å². The van der Waals surface area contributed by atoms with Crippen molar-refractivity contribution in [3.8, 4) is 0 Å². The molecule has 21 heavy (non-hydrogen) atoms. The first-order valence-electron chi connectivity index (χ1n) is 7.79. The van der Waals surface area contributed by atoms with Crippen molar-refractivity contribution in [3.63, 3.8) is 0 Å². The Balaban J connectivity index is 1.99. The second-order valence-corrected chi connectivity index (χ2v) is 6.14. The molecule has 1 aliphatic rings. The molecule has 2 aromatic rings. The van der Waals surface area contributed by atoms with E-state index in [2.05, 4.69) is 50.4 Å². The van der Waals surface area contributed by atoms with E-state index in [1.54, 1.807) is 0 Å². The van der Waals surface area contributed by atoms with E-state index in [-0.39, 0.29) is 0 Å². The quantitative estimate of drug-likeness (QED) is 0.939. The number of rotatable bonds is 3. The van der Waals surface area contributed by atoms with Crippen LogP contribution in [-0.2, 0) is 19.4 Å². The van der Waals surface area contributed by atoms with Gasteiger partial charge in [0.25, 0.3) is 0 Å². The van der Waals surface area contributed by atoms with E-state index in [0.717, 1.165) is 31.8 Å². The summed E-state index contributed by atoms with van der Waals surface area (Å²) in [6, 6.07) is 8.50. The monoisotopic (exact) mass is 281 g/mol. The van der Waals surface area contributed by atoms with Crippen molar-refractivity contribution in [2.75, 3.05) is 6.54 Å². The van der Waals surface area contributed by atoms with Gasteiger partial charge >= 0.3 is 0 Å². The Morgan fingerprint density at radius 3 is 2.76 bits per heavy atom. The third-order valence-corrected chi connectivity index (χ3v) is 4.17. The van der Waals surface area contributed by atoms with E-state index in [1.165, 1.54) is 28.1 Å². The summed E-state index contributed by atoms with van der Waals surface area (Å²) in [5.74, 6) is 1.41. The van der Waals surface area contributed by atoms with Crippen LogP contribution in [0.25, 0.3) is 0 Å². The molecule has 0 unspecified atom stereocenters. The van der Waals surface area contributed by atoms with E-state index >= 15 is 0 Å². The fraction of sp³-hybridized carbons (Fsp3) is 0.444. The molecule has 0 saturated heterocycles. The Labute approximate surface area is 126 Å². The van der Waals surface area contributed by atoms with Crippen molar-refractivity contribution in [1.82, 2.24) is 15.3 Å². The second kappa shape index (κ2) is 5.94. The molecule has 1 aromatic heterocycles. The van der Waals surface area contributed by atoms with Crippen LogP contribution in [-0.4, -0.2) is 16.5 Å². The molecule has 1 N–H and O–H groups in total. The van der Waals surface area contributed by atoms with Gasteiger partial charge in [-0.3, -0.25) is 0 Å². The van der Waals surface area contributed by atoms with Crippen LogP contribution in [0, 0.1) is 6.92 Å². The number of benzene rings is 1. The first kappa shape index (κ1) is 14.2. The van der Waals surface area contributed by atoms with Gasteiger partial charge in [-0.25, -0.2) is 9.97 Å². The van der Waals surface area contributed by atoms with E-state index in [4.69, 9.17) is 9.97 Å². The maximum absolute atomic E-state index is 4.87. The molecule has 1 aliphatic heterocycles. The van der Waals surface area contributed by atoms with Crippen LogP contribution in [0.1, 0.15) is 53.7 Å². The number of hydrogen-bond donors (Lipinski definition) is 1. The lowest BCUT2D eigenvalue weighted by atomic mass is 9.98. The van der Waals surface area contributed by atoms with E-state index < -0.39 is 0 Å². The fourth-order valence-electron chi connectivity index (χ4n) is 2.96. The lowest BCUT2D eigenvalue weighted by Gasteiger charge is -2.22. The molecule has 0 atom stereocenters. The lowest BCUT2D eigenvalue weighted by molar-refractivity contribution is 0.601. The molecule has 2 heterocycles. The van der Waals surface area contributed by atoms with Gasteiger partial charge < -0.3 is 5.32 Å². The van der Waals surface area contributed by atoms with Crippen LogP contribution in [0.4, 0.5) is 0 Å². The van der Waals surface area contributed by atoms with E-state index in [1.807, 2.05) is 0 Å². The van der Waals surface area contributed by atoms with Crippen molar-refractivity contribution in [2.24, 2.45) is 0 Å². The van der Waals surface area contributed by atoms with E-state index in [0.29, 0.717) is 5.92 Å². The molecule has 0 aliphatic carbocycles. The van der Waals surface area contributed by atoms with Crippen LogP contribution in [0.5, 0.6) is 0 Å². The lowest BCUT2D eigenvalue weighted by Crippen LogP contribution is -2.27. The standard InChI is InChI=1S/C18H23N3/c1-12(2)18-15-11-19-9-8-16(15)20-17(21-18)10-14-7-5-4-6-13(14)3/h4-7,12,19H,8-11H2,1-3H3. The predicted octanol–water partition coefficient (Wildman–Crippen LogP) is 3.14. The molecular weight excluding hydrogens is 258 g/mol. The normalized spacial score (nSPS) is 14.3. The van der Waals surface area contributed by atoms with Crippen LogP contribution in [0.3, 0.4) is 0 Å². The Kier molecular flexibility index (Phi) is 4.02. The summed E-state index contributed by atoms with van der Waals surface area (Å²) in [5, 5.41) is 3.43.